The van der Waals surface area contributed by atoms with Gasteiger partial charge in [0.05, 0.1) is 17.9 Å². The molecule has 0 fully saturated rings. The first-order chi connectivity index (χ1) is 10.1. The molecule has 1 aliphatic rings. The Hall–Kier alpha value is -2.49. The molecule has 1 aromatic carbocycles. The molecule has 118 valence electrons. The van der Waals surface area contributed by atoms with E-state index in [9.17, 15) is 28.4 Å². The minimum atomic E-state index is -4.91. The zero-order chi connectivity index (χ0) is 16.7. The minimum absolute atomic E-state index is 0.0937. The summed E-state index contributed by atoms with van der Waals surface area (Å²) in [5, 5.41) is 27.8. The zero-order valence-electron chi connectivity index (χ0n) is 11.3. The van der Waals surface area contributed by atoms with Crippen molar-refractivity contribution in [3.8, 4) is 0 Å². The lowest BCUT2D eigenvalue weighted by molar-refractivity contribution is -0.388. The van der Waals surface area contributed by atoms with Crippen LogP contribution in [0, 0.1) is 15.5 Å². The SMILES string of the molecule is CC1(CO)N=CN(c2ccc([N+](=O)[O-])c(C(F)(F)F)c2)C1=N. The highest BCUT2D eigenvalue weighted by molar-refractivity contribution is 6.18. The molecule has 7 nitrogen and oxygen atoms in total. The number of aliphatic imine (C=N–C) groups is 1. The van der Waals surface area contributed by atoms with Gasteiger partial charge in [0, 0.05) is 11.8 Å². The second-order valence-electron chi connectivity index (χ2n) is 4.85. The average Bonchev–Trinajstić information content (AvgIpc) is 2.74. The molecule has 22 heavy (non-hydrogen) atoms. The van der Waals surface area contributed by atoms with E-state index >= 15 is 0 Å². The molecular formula is C12H11F3N4O3. The average molecular weight is 316 g/mol. The molecule has 0 amide bonds. The number of hydrogen-bond donors (Lipinski definition) is 2. The van der Waals surface area contributed by atoms with Crippen LogP contribution < -0.4 is 4.90 Å². The summed E-state index contributed by atoms with van der Waals surface area (Å²) < 4.78 is 38.8. The predicted octanol–water partition coefficient (Wildman–Crippen LogP) is 2.19. The highest BCUT2D eigenvalue weighted by Gasteiger charge is 2.41. The van der Waals surface area contributed by atoms with E-state index in [1.807, 2.05) is 0 Å². The molecule has 1 heterocycles. The fraction of sp³-hybridized carbons (Fsp3) is 0.333. The summed E-state index contributed by atoms with van der Waals surface area (Å²) in [6.07, 6.45) is -3.79. The molecule has 1 atom stereocenters. The number of amidine groups is 1. The topological polar surface area (TPSA) is 103 Å². The molecule has 0 bridgehead atoms. The van der Waals surface area contributed by atoms with Crippen molar-refractivity contribution in [3.05, 3.63) is 33.9 Å². The van der Waals surface area contributed by atoms with Gasteiger partial charge in [-0.1, -0.05) is 0 Å². The van der Waals surface area contributed by atoms with Gasteiger partial charge in [0.1, 0.15) is 16.9 Å². The Bertz CT molecular complexity index is 674. The number of hydrogen-bond acceptors (Lipinski definition) is 5. The van der Waals surface area contributed by atoms with E-state index in [2.05, 4.69) is 4.99 Å². The summed E-state index contributed by atoms with van der Waals surface area (Å²) in [6.45, 7) is 0.958. The number of alkyl halides is 3. The molecule has 0 spiro atoms. The van der Waals surface area contributed by atoms with E-state index in [0.29, 0.717) is 6.07 Å². The molecule has 0 saturated carbocycles. The summed E-state index contributed by atoms with van der Waals surface area (Å²) in [5.41, 5.74) is -3.82. The van der Waals surface area contributed by atoms with Gasteiger partial charge >= 0.3 is 6.18 Å². The summed E-state index contributed by atoms with van der Waals surface area (Å²) in [7, 11) is 0. The number of nitrogens with zero attached hydrogens (tertiary/aromatic N) is 3. The second-order valence-corrected chi connectivity index (χ2v) is 4.85. The number of nitrogens with one attached hydrogen (secondary N) is 1. The van der Waals surface area contributed by atoms with Crippen molar-refractivity contribution in [1.82, 2.24) is 0 Å². The highest BCUT2D eigenvalue weighted by atomic mass is 19.4. The number of aliphatic hydroxyl groups is 1. The van der Waals surface area contributed by atoms with E-state index < -0.39 is 34.5 Å². The van der Waals surface area contributed by atoms with Crippen molar-refractivity contribution in [2.75, 3.05) is 11.5 Å². The summed E-state index contributed by atoms with van der Waals surface area (Å²) in [4.78, 5) is 14.5. The molecule has 0 saturated heterocycles. The van der Waals surface area contributed by atoms with E-state index in [4.69, 9.17) is 5.41 Å². The fourth-order valence-corrected chi connectivity index (χ4v) is 1.94. The van der Waals surface area contributed by atoms with Gasteiger partial charge in [-0.25, -0.2) is 0 Å². The third-order valence-electron chi connectivity index (χ3n) is 3.28. The summed E-state index contributed by atoms with van der Waals surface area (Å²) in [5.74, 6) is -0.225. The maximum atomic E-state index is 12.9. The van der Waals surface area contributed by atoms with Crippen molar-refractivity contribution in [3.63, 3.8) is 0 Å². The van der Waals surface area contributed by atoms with Crippen LogP contribution >= 0.6 is 0 Å². The van der Waals surface area contributed by atoms with Gasteiger partial charge in [0.25, 0.3) is 5.69 Å². The van der Waals surface area contributed by atoms with Gasteiger partial charge in [-0.2, -0.15) is 13.2 Å². The van der Waals surface area contributed by atoms with E-state index in [1.54, 1.807) is 0 Å². The molecule has 0 aromatic heterocycles. The van der Waals surface area contributed by atoms with Crippen molar-refractivity contribution in [1.29, 1.82) is 5.41 Å². The fourth-order valence-electron chi connectivity index (χ4n) is 1.94. The molecule has 1 unspecified atom stereocenters. The lowest BCUT2D eigenvalue weighted by atomic mass is 10.0. The molecule has 1 aromatic rings. The van der Waals surface area contributed by atoms with Crippen molar-refractivity contribution in [2.24, 2.45) is 4.99 Å². The maximum absolute atomic E-state index is 12.9. The highest BCUT2D eigenvalue weighted by Crippen LogP contribution is 2.39. The molecule has 0 radical (unpaired) electrons. The molecule has 10 heteroatoms. The molecule has 2 rings (SSSR count). The van der Waals surface area contributed by atoms with Gasteiger partial charge in [-0.05, 0) is 19.1 Å². The zero-order valence-corrected chi connectivity index (χ0v) is 11.3. The third kappa shape index (κ3) is 2.52. The number of nitro groups is 1. The van der Waals surface area contributed by atoms with Crippen LogP contribution in [-0.4, -0.2) is 34.3 Å². The standard InChI is InChI=1S/C12H11F3N4O3/c1-11(5-20)10(16)18(6-17-11)7-2-3-9(19(21)22)8(4-7)12(13,14)15/h2-4,6,16,20H,5H2,1H3. The van der Waals surface area contributed by atoms with Crippen LogP contribution in [0.5, 0.6) is 0 Å². The Kier molecular flexibility index (Phi) is 3.65. The number of benzene rings is 1. The Morgan fingerprint density at radius 2 is 2.14 bits per heavy atom. The van der Waals surface area contributed by atoms with E-state index in [-0.39, 0.29) is 11.5 Å². The van der Waals surface area contributed by atoms with Gasteiger partial charge in [-0.3, -0.25) is 25.4 Å². The minimum Gasteiger partial charge on any atom is -0.393 e. The number of aliphatic hydroxyl groups excluding tert-OH is 1. The molecule has 1 aliphatic heterocycles. The smallest absolute Gasteiger partial charge is 0.393 e. The van der Waals surface area contributed by atoms with Crippen LogP contribution in [0.3, 0.4) is 0 Å². The Morgan fingerprint density at radius 3 is 2.59 bits per heavy atom. The van der Waals surface area contributed by atoms with Crippen LogP contribution in [-0.2, 0) is 6.18 Å². The first-order valence-electron chi connectivity index (χ1n) is 6.00. The van der Waals surface area contributed by atoms with Crippen molar-refractivity contribution >= 4 is 23.5 Å². The number of nitro benzene ring substituents is 1. The largest absolute Gasteiger partial charge is 0.423 e. The van der Waals surface area contributed by atoms with Crippen molar-refractivity contribution in [2.45, 2.75) is 18.6 Å². The van der Waals surface area contributed by atoms with Gasteiger partial charge in [0.15, 0.2) is 0 Å². The number of halogens is 3. The molecule has 0 aliphatic carbocycles. The second kappa shape index (κ2) is 5.05. The van der Waals surface area contributed by atoms with Gasteiger partial charge in [-0.15, -0.1) is 0 Å². The third-order valence-corrected chi connectivity index (χ3v) is 3.28. The number of anilines is 1. The Labute approximate surface area is 122 Å². The molecular weight excluding hydrogens is 305 g/mol. The Morgan fingerprint density at radius 1 is 1.50 bits per heavy atom. The Balaban J connectivity index is 2.50. The van der Waals surface area contributed by atoms with Crippen LogP contribution in [0.15, 0.2) is 23.2 Å². The van der Waals surface area contributed by atoms with Crippen LogP contribution in [0.25, 0.3) is 0 Å². The van der Waals surface area contributed by atoms with E-state index in [1.165, 1.54) is 6.92 Å². The summed E-state index contributed by atoms with van der Waals surface area (Å²) >= 11 is 0. The predicted molar refractivity (Wildman–Crippen MR) is 72.3 cm³/mol. The van der Waals surface area contributed by atoms with Gasteiger partial charge < -0.3 is 5.11 Å². The van der Waals surface area contributed by atoms with E-state index in [0.717, 1.165) is 23.4 Å². The number of rotatable bonds is 3. The van der Waals surface area contributed by atoms with Gasteiger partial charge in [0.2, 0.25) is 0 Å². The van der Waals surface area contributed by atoms with Crippen LogP contribution in [0.2, 0.25) is 0 Å². The first-order valence-corrected chi connectivity index (χ1v) is 6.00. The maximum Gasteiger partial charge on any atom is 0.423 e. The normalized spacial score (nSPS) is 21.5. The monoisotopic (exact) mass is 316 g/mol. The van der Waals surface area contributed by atoms with Crippen molar-refractivity contribution < 1.29 is 23.2 Å². The van der Waals surface area contributed by atoms with Crippen LogP contribution in [0.4, 0.5) is 24.5 Å². The lowest BCUT2D eigenvalue weighted by Gasteiger charge is -2.23. The molecule has 2 N–H and O–H groups in total. The van der Waals surface area contributed by atoms with Crippen LogP contribution in [0.1, 0.15) is 12.5 Å². The lowest BCUT2D eigenvalue weighted by Crippen LogP contribution is -2.41. The first kappa shape index (κ1) is 15.9. The summed E-state index contributed by atoms with van der Waals surface area (Å²) in [6, 6.07) is 2.41. The quantitative estimate of drug-likeness (QED) is 0.659.